The topological polar surface area (TPSA) is 134 Å². The molecule has 0 saturated carbocycles. The van der Waals surface area contributed by atoms with Crippen molar-refractivity contribution >= 4 is 0 Å². The summed E-state index contributed by atoms with van der Waals surface area (Å²) in [5.74, 6) is -0.0283. The second-order valence-electron chi connectivity index (χ2n) is 8.05. The van der Waals surface area contributed by atoms with E-state index in [2.05, 4.69) is 6.07 Å². The van der Waals surface area contributed by atoms with E-state index in [-0.39, 0.29) is 12.2 Å². The minimum Gasteiger partial charge on any atom is -0.507 e. The molecule has 3 rings (SSSR count). The van der Waals surface area contributed by atoms with Crippen LogP contribution in [0, 0.1) is 25.2 Å². The summed E-state index contributed by atoms with van der Waals surface area (Å²) in [6.45, 7) is 4.70. The molecule has 0 aliphatic carbocycles. The predicted octanol–water partition coefficient (Wildman–Crippen LogP) is 1.32. The average Bonchev–Trinajstić information content (AvgIpc) is 2.73. The lowest BCUT2D eigenvalue weighted by Crippen LogP contribution is -2.66. The van der Waals surface area contributed by atoms with E-state index >= 15 is 0 Å². The second-order valence-corrected chi connectivity index (χ2v) is 8.05. The summed E-state index contributed by atoms with van der Waals surface area (Å²) in [5, 5.41) is 61.2. The van der Waals surface area contributed by atoms with Gasteiger partial charge in [-0.05, 0) is 72.9 Å². The van der Waals surface area contributed by atoms with Crippen LogP contribution in [0.2, 0.25) is 0 Å². The first-order chi connectivity index (χ1) is 14.1. The van der Waals surface area contributed by atoms with E-state index < -0.39 is 36.6 Å². The molecule has 0 aromatic heterocycles. The van der Waals surface area contributed by atoms with Crippen LogP contribution >= 0.6 is 0 Å². The number of nitriles is 1. The van der Waals surface area contributed by atoms with Gasteiger partial charge in [0.25, 0.3) is 0 Å². The Bertz CT molecular complexity index is 984. The van der Waals surface area contributed by atoms with E-state index in [1.165, 1.54) is 0 Å². The molecule has 0 amide bonds. The molecule has 30 heavy (non-hydrogen) atoms. The monoisotopic (exact) mass is 413 g/mol. The summed E-state index contributed by atoms with van der Waals surface area (Å²) in [6.07, 6.45) is -5.14. The van der Waals surface area contributed by atoms with Crippen LogP contribution in [-0.4, -0.2) is 62.2 Å². The van der Waals surface area contributed by atoms with Gasteiger partial charge < -0.3 is 30.3 Å². The van der Waals surface area contributed by atoms with Gasteiger partial charge in [0.2, 0.25) is 0 Å². The molecular formula is C23H27NO6. The van der Waals surface area contributed by atoms with Crippen molar-refractivity contribution < 1.29 is 30.3 Å². The van der Waals surface area contributed by atoms with Gasteiger partial charge in [0.15, 0.2) is 0 Å². The SMILES string of the molecule is Cc1ccc(C#N)cc1-c1cc(C)c(O)c(CC2(O)C(C)OC(CO)C(O)C2O)c1. The molecule has 5 unspecified atom stereocenters. The van der Waals surface area contributed by atoms with Gasteiger partial charge in [-0.3, -0.25) is 0 Å². The van der Waals surface area contributed by atoms with Crippen LogP contribution in [0.4, 0.5) is 0 Å². The molecule has 7 heteroatoms. The number of aromatic hydroxyl groups is 1. The lowest BCUT2D eigenvalue weighted by Gasteiger charge is -2.47. The summed E-state index contributed by atoms with van der Waals surface area (Å²) in [7, 11) is 0. The molecule has 1 aliphatic rings. The molecular weight excluding hydrogens is 386 g/mol. The molecule has 2 aromatic rings. The number of nitrogens with zero attached hydrogens (tertiary/aromatic N) is 1. The van der Waals surface area contributed by atoms with Crippen molar-refractivity contribution in [3.8, 4) is 22.9 Å². The molecule has 1 saturated heterocycles. The Morgan fingerprint density at radius 1 is 1.13 bits per heavy atom. The number of aliphatic hydroxyl groups is 4. The number of aliphatic hydroxyl groups excluding tert-OH is 3. The van der Waals surface area contributed by atoms with Crippen LogP contribution in [0.15, 0.2) is 30.3 Å². The average molecular weight is 413 g/mol. The van der Waals surface area contributed by atoms with E-state index in [1.807, 2.05) is 13.0 Å². The first-order valence-corrected chi connectivity index (χ1v) is 9.80. The first kappa shape index (κ1) is 22.2. The minimum absolute atomic E-state index is 0.0283. The number of aryl methyl sites for hydroxylation is 2. The third kappa shape index (κ3) is 3.81. The summed E-state index contributed by atoms with van der Waals surface area (Å²) in [6, 6.07) is 10.9. The second kappa shape index (κ2) is 8.34. The molecule has 1 heterocycles. The van der Waals surface area contributed by atoms with E-state index in [9.17, 15) is 30.8 Å². The number of benzene rings is 2. The van der Waals surface area contributed by atoms with Gasteiger partial charge in [0.1, 0.15) is 29.7 Å². The molecule has 0 bridgehead atoms. The highest BCUT2D eigenvalue weighted by molar-refractivity contribution is 5.71. The molecule has 160 valence electrons. The van der Waals surface area contributed by atoms with E-state index in [0.717, 1.165) is 16.7 Å². The zero-order chi connectivity index (χ0) is 22.2. The Morgan fingerprint density at radius 3 is 2.47 bits per heavy atom. The highest BCUT2D eigenvalue weighted by Crippen LogP contribution is 2.38. The Balaban J connectivity index is 2.04. The Kier molecular flexibility index (Phi) is 6.18. The van der Waals surface area contributed by atoms with Gasteiger partial charge in [-0.25, -0.2) is 0 Å². The molecule has 5 N–H and O–H groups in total. The normalized spacial score (nSPS) is 28.9. The number of hydrogen-bond donors (Lipinski definition) is 5. The molecule has 1 aliphatic heterocycles. The Labute approximate surface area is 175 Å². The summed E-state index contributed by atoms with van der Waals surface area (Å²) in [4.78, 5) is 0. The van der Waals surface area contributed by atoms with Crippen LogP contribution in [0.5, 0.6) is 5.75 Å². The van der Waals surface area contributed by atoms with Crippen LogP contribution in [0.25, 0.3) is 11.1 Å². The van der Waals surface area contributed by atoms with Crippen molar-refractivity contribution in [2.45, 2.75) is 57.2 Å². The molecule has 7 nitrogen and oxygen atoms in total. The number of phenolic OH excluding ortho intramolecular Hbond substituents is 1. The van der Waals surface area contributed by atoms with Crippen molar-refractivity contribution in [3.63, 3.8) is 0 Å². The van der Waals surface area contributed by atoms with E-state index in [4.69, 9.17) is 4.74 Å². The maximum atomic E-state index is 11.2. The van der Waals surface area contributed by atoms with E-state index in [0.29, 0.717) is 16.7 Å². The van der Waals surface area contributed by atoms with Crippen molar-refractivity contribution in [2.24, 2.45) is 0 Å². The van der Waals surface area contributed by atoms with Gasteiger partial charge in [0.05, 0.1) is 24.3 Å². The van der Waals surface area contributed by atoms with Gasteiger partial charge in [-0.15, -0.1) is 0 Å². The number of phenols is 1. The van der Waals surface area contributed by atoms with Crippen molar-refractivity contribution in [1.82, 2.24) is 0 Å². The fraction of sp³-hybridized carbons (Fsp3) is 0.435. The highest BCUT2D eigenvalue weighted by Gasteiger charge is 2.52. The largest absolute Gasteiger partial charge is 0.507 e. The molecule has 0 radical (unpaired) electrons. The molecule has 1 fully saturated rings. The lowest BCUT2D eigenvalue weighted by molar-refractivity contribution is -0.269. The third-order valence-corrected chi connectivity index (χ3v) is 6.01. The number of rotatable bonds is 4. The molecule has 0 spiro atoms. The van der Waals surface area contributed by atoms with Crippen molar-refractivity contribution in [2.75, 3.05) is 6.61 Å². The third-order valence-electron chi connectivity index (χ3n) is 6.01. The summed E-state index contributed by atoms with van der Waals surface area (Å²) >= 11 is 0. The molecule has 2 aromatic carbocycles. The molecule has 5 atom stereocenters. The number of hydrogen-bond acceptors (Lipinski definition) is 7. The summed E-state index contributed by atoms with van der Waals surface area (Å²) < 4.78 is 5.51. The lowest BCUT2D eigenvalue weighted by atomic mass is 9.78. The van der Waals surface area contributed by atoms with Crippen molar-refractivity contribution in [3.05, 3.63) is 52.6 Å². The first-order valence-electron chi connectivity index (χ1n) is 9.80. The quantitative estimate of drug-likeness (QED) is 0.510. The van der Waals surface area contributed by atoms with Crippen LogP contribution in [-0.2, 0) is 11.2 Å². The number of ether oxygens (including phenoxy) is 1. The van der Waals surface area contributed by atoms with Gasteiger partial charge in [-0.2, -0.15) is 5.26 Å². The van der Waals surface area contributed by atoms with Gasteiger partial charge in [0, 0.05) is 6.42 Å². The van der Waals surface area contributed by atoms with Gasteiger partial charge >= 0.3 is 0 Å². The van der Waals surface area contributed by atoms with Gasteiger partial charge in [-0.1, -0.05) is 6.07 Å². The smallest absolute Gasteiger partial charge is 0.123 e. The van der Waals surface area contributed by atoms with Crippen molar-refractivity contribution in [1.29, 1.82) is 5.26 Å². The highest BCUT2D eigenvalue weighted by atomic mass is 16.5. The predicted molar refractivity (Wildman–Crippen MR) is 110 cm³/mol. The summed E-state index contributed by atoms with van der Waals surface area (Å²) in [5.41, 5.74) is 2.09. The Morgan fingerprint density at radius 2 is 1.83 bits per heavy atom. The fourth-order valence-electron chi connectivity index (χ4n) is 4.05. The van der Waals surface area contributed by atoms with Crippen LogP contribution in [0.3, 0.4) is 0 Å². The Hall–Kier alpha value is -2.47. The van der Waals surface area contributed by atoms with Crippen LogP contribution in [0.1, 0.15) is 29.2 Å². The standard InChI is InChI=1S/C23H27NO6/c1-12-4-5-15(10-24)7-18(12)16-6-13(2)20(26)17(8-16)9-23(29)14(3)30-19(11-25)21(27)22(23)28/h4-8,14,19,21-22,25-29H,9,11H2,1-3H3. The minimum atomic E-state index is -1.88. The van der Waals surface area contributed by atoms with E-state index in [1.54, 1.807) is 38.1 Å². The zero-order valence-electron chi connectivity index (χ0n) is 17.2. The zero-order valence-corrected chi connectivity index (χ0v) is 17.2. The fourth-order valence-corrected chi connectivity index (χ4v) is 4.05. The maximum absolute atomic E-state index is 11.2. The van der Waals surface area contributed by atoms with Crippen LogP contribution < -0.4 is 0 Å². The maximum Gasteiger partial charge on any atom is 0.123 e.